The summed E-state index contributed by atoms with van der Waals surface area (Å²) in [6, 6.07) is 0. The third kappa shape index (κ3) is 3.65. The van der Waals surface area contributed by atoms with Gasteiger partial charge in [0.1, 0.15) is 0 Å². The molecule has 1 aliphatic rings. The molecule has 15 heavy (non-hydrogen) atoms. The van der Waals surface area contributed by atoms with Gasteiger partial charge in [0.05, 0.1) is 0 Å². The molecule has 0 saturated carbocycles. The maximum atomic E-state index is 3.56. The predicted octanol–water partition coefficient (Wildman–Crippen LogP) is 4.38. The van der Waals surface area contributed by atoms with Gasteiger partial charge < -0.3 is 0 Å². The van der Waals surface area contributed by atoms with Crippen molar-refractivity contribution in [1.29, 1.82) is 0 Å². The van der Waals surface area contributed by atoms with Crippen LogP contribution in [0.15, 0.2) is 16.7 Å². The summed E-state index contributed by atoms with van der Waals surface area (Å²) in [6.07, 6.45) is 4.63. The van der Waals surface area contributed by atoms with Gasteiger partial charge in [-0.25, -0.2) is 5.57 Å². The molecule has 0 bridgehead atoms. The fourth-order valence-corrected chi connectivity index (χ4v) is 2.27. The van der Waals surface area contributed by atoms with Crippen molar-refractivity contribution in [3.63, 3.8) is 0 Å². The zero-order valence-corrected chi connectivity index (χ0v) is 13.1. The van der Waals surface area contributed by atoms with Crippen LogP contribution in [0, 0.1) is 63.8 Å². The predicted molar refractivity (Wildman–Crippen MR) is 62.9 cm³/mol. The smallest absolute Gasteiger partial charge is 0 e. The average molecular weight is 349 g/mol. The molecule has 0 radical (unpaired) electrons. The topological polar surface area (TPSA) is 0 Å². The number of allylic oxidation sites excluding steroid dienone is 4. The number of hydrogen-bond acceptors (Lipinski definition) is 0. The maximum Gasteiger partial charge on any atom is 0 e. The second-order valence-corrected chi connectivity index (χ2v) is 5.17. The van der Waals surface area contributed by atoms with Crippen molar-refractivity contribution < 1.29 is 39.9 Å². The van der Waals surface area contributed by atoms with Gasteiger partial charge in [0.2, 0.25) is 0 Å². The molecule has 0 atom stereocenters. The quantitative estimate of drug-likeness (QED) is 0.664. The molecule has 0 nitrogen and oxygen atoms in total. The summed E-state index contributed by atoms with van der Waals surface area (Å²) in [4.78, 5) is 0. The van der Waals surface area contributed by atoms with E-state index in [2.05, 4.69) is 47.6 Å². The maximum absolute atomic E-state index is 3.56. The van der Waals surface area contributed by atoms with Crippen molar-refractivity contribution in [1.82, 2.24) is 0 Å². The van der Waals surface area contributed by atoms with Crippen LogP contribution < -0.4 is 0 Å². The molecule has 0 heterocycles. The molecule has 1 heteroatoms. The van der Waals surface area contributed by atoms with Crippen LogP contribution in [0.1, 0.15) is 48.0 Å². The molecule has 0 aromatic carbocycles. The molecule has 0 N–H and O–H groups in total. The van der Waals surface area contributed by atoms with Crippen LogP contribution in [0.4, 0.5) is 0 Å². The second kappa shape index (κ2) is 6.52. The zero-order valence-electron chi connectivity index (χ0n) is 10.8. The molecule has 0 aromatic heterocycles. The van der Waals surface area contributed by atoms with Gasteiger partial charge in [0, 0.05) is 39.9 Å². The fourth-order valence-electron chi connectivity index (χ4n) is 2.27. The Labute approximate surface area is 127 Å². The van der Waals surface area contributed by atoms with Crippen molar-refractivity contribution in [3.8, 4) is 0 Å². The molecule has 0 unspecified atom stereocenters. The Bertz CT molecular complexity index is 267. The van der Waals surface area contributed by atoms with E-state index < -0.39 is 0 Å². The third-order valence-corrected chi connectivity index (χ3v) is 2.96. The second-order valence-electron chi connectivity index (χ2n) is 5.17. The van der Waals surface area contributed by atoms with E-state index in [-0.39, 0.29) is 39.9 Å². The Balaban J connectivity index is 0.00000196. The van der Waals surface area contributed by atoms with Crippen LogP contribution >= 0.6 is 0 Å². The van der Waals surface area contributed by atoms with Crippen molar-refractivity contribution in [2.45, 2.75) is 48.0 Å². The summed E-state index contributed by atoms with van der Waals surface area (Å²) in [5.41, 5.74) is 4.68. The van der Waals surface area contributed by atoms with Crippen molar-refractivity contribution in [2.24, 2.45) is 17.8 Å². The molecule has 0 fully saturated rings. The molecule has 0 aromatic rings. The Morgan fingerprint density at radius 1 is 0.867 bits per heavy atom. The van der Waals surface area contributed by atoms with Gasteiger partial charge in [-0.2, -0.15) is 11.1 Å². The first-order chi connectivity index (χ1) is 6.45. The van der Waals surface area contributed by atoms with Gasteiger partial charge in [-0.1, -0.05) is 53.4 Å². The van der Waals surface area contributed by atoms with Crippen LogP contribution in [0.25, 0.3) is 0 Å². The largest absolute Gasteiger partial charge is 0.269 e. The summed E-state index contributed by atoms with van der Waals surface area (Å²) in [7, 11) is 0. The monoisotopic (exact) mass is 349 g/mol. The normalized spacial score (nSPS) is 16.5. The number of hydrogen-bond donors (Lipinski definition) is 0. The first-order valence-electron chi connectivity index (χ1n) is 5.79. The molecule has 0 spiro atoms. The van der Waals surface area contributed by atoms with Crippen molar-refractivity contribution >= 4 is 0 Å². The molecule has 1 aliphatic carbocycles. The standard InChI is InChI=1S/C14H23.Gd/c1-9(2)12-7-8-13(10(3)4)14(12)11(5)6;/h9-11H,7H2,1-6H3;/q-1;. The van der Waals surface area contributed by atoms with Gasteiger partial charge in [-0.15, -0.1) is 6.42 Å². The van der Waals surface area contributed by atoms with E-state index in [0.717, 1.165) is 6.42 Å². The van der Waals surface area contributed by atoms with Crippen LogP contribution in [0.2, 0.25) is 0 Å². The van der Waals surface area contributed by atoms with E-state index in [1.54, 1.807) is 11.1 Å². The van der Waals surface area contributed by atoms with Crippen molar-refractivity contribution in [3.05, 3.63) is 22.8 Å². The minimum atomic E-state index is 0. The minimum absolute atomic E-state index is 0. The third-order valence-electron chi connectivity index (χ3n) is 2.96. The Kier molecular flexibility index (Phi) is 6.87. The first-order valence-corrected chi connectivity index (χ1v) is 5.79. The molecular formula is C14H23Gd-. The molecule has 0 amide bonds. The molecular weight excluding hydrogens is 325 g/mol. The Morgan fingerprint density at radius 3 is 1.73 bits per heavy atom. The van der Waals surface area contributed by atoms with Crippen molar-refractivity contribution in [2.75, 3.05) is 0 Å². The van der Waals surface area contributed by atoms with Gasteiger partial charge >= 0.3 is 0 Å². The minimum Gasteiger partial charge on any atom is -0.269 e. The van der Waals surface area contributed by atoms with Crippen LogP contribution in [-0.2, 0) is 0 Å². The van der Waals surface area contributed by atoms with E-state index in [4.69, 9.17) is 0 Å². The van der Waals surface area contributed by atoms with Gasteiger partial charge in [0.25, 0.3) is 0 Å². The summed E-state index contributed by atoms with van der Waals surface area (Å²) in [5.74, 6) is 1.96. The summed E-state index contributed by atoms with van der Waals surface area (Å²) < 4.78 is 0. The molecule has 0 aliphatic heterocycles. The van der Waals surface area contributed by atoms with E-state index in [1.165, 1.54) is 5.57 Å². The van der Waals surface area contributed by atoms with E-state index in [9.17, 15) is 0 Å². The first kappa shape index (κ1) is 15.8. The zero-order chi connectivity index (χ0) is 10.9. The van der Waals surface area contributed by atoms with Gasteiger partial charge in [-0.05, 0) is 5.92 Å². The Hall–Kier alpha value is 0.805. The molecule has 88 valence electrons. The summed E-state index contributed by atoms with van der Waals surface area (Å²) in [5, 5.41) is 0. The Morgan fingerprint density at radius 2 is 1.40 bits per heavy atom. The average Bonchev–Trinajstić information content (AvgIpc) is 2.46. The van der Waals surface area contributed by atoms with E-state index in [1.807, 2.05) is 0 Å². The van der Waals surface area contributed by atoms with Gasteiger partial charge in [0.15, 0.2) is 0 Å². The van der Waals surface area contributed by atoms with E-state index >= 15 is 0 Å². The van der Waals surface area contributed by atoms with Crippen LogP contribution in [-0.4, -0.2) is 0 Å². The van der Waals surface area contributed by atoms with Gasteiger partial charge in [-0.3, -0.25) is 6.08 Å². The summed E-state index contributed by atoms with van der Waals surface area (Å²) in [6.45, 7) is 13.7. The molecule has 1 rings (SSSR count). The van der Waals surface area contributed by atoms with Crippen LogP contribution in [0.3, 0.4) is 0 Å². The summed E-state index contributed by atoms with van der Waals surface area (Å²) >= 11 is 0. The fraction of sp³-hybridized carbons (Fsp3) is 0.714. The number of rotatable bonds is 3. The molecule has 0 saturated heterocycles. The van der Waals surface area contributed by atoms with E-state index in [0.29, 0.717) is 17.8 Å². The SMILES string of the molecule is CC(C)C1=[C-]CC(C(C)C)=C1C(C)C.[Gd]. The van der Waals surface area contributed by atoms with Crippen LogP contribution in [0.5, 0.6) is 0 Å².